The standard InChI is InChI=1S/C15H17BrN2O/c1-4-11-7-5-6-8-12(11)14(19)9-13-15(16)10(2)17-18(13)3/h5-8H,4,9H2,1-3H3. The SMILES string of the molecule is CCc1ccccc1C(=O)Cc1c(Br)c(C)nn1C. The lowest BCUT2D eigenvalue weighted by molar-refractivity contribution is 0.0989. The summed E-state index contributed by atoms with van der Waals surface area (Å²) in [6, 6.07) is 7.80. The molecule has 0 saturated carbocycles. The maximum absolute atomic E-state index is 12.4. The highest BCUT2D eigenvalue weighted by Gasteiger charge is 2.17. The summed E-state index contributed by atoms with van der Waals surface area (Å²) in [5.41, 5.74) is 3.75. The molecule has 0 spiro atoms. The Hall–Kier alpha value is -1.42. The molecule has 100 valence electrons. The number of rotatable bonds is 4. The first-order valence-electron chi connectivity index (χ1n) is 6.33. The smallest absolute Gasteiger partial charge is 0.169 e. The molecule has 1 aromatic carbocycles. The molecule has 0 amide bonds. The third-order valence-corrected chi connectivity index (χ3v) is 4.32. The van der Waals surface area contributed by atoms with Gasteiger partial charge in [0.2, 0.25) is 0 Å². The van der Waals surface area contributed by atoms with Gasteiger partial charge in [-0.15, -0.1) is 0 Å². The van der Waals surface area contributed by atoms with E-state index in [1.807, 2.05) is 38.2 Å². The Kier molecular flexibility index (Phi) is 4.20. The quantitative estimate of drug-likeness (QED) is 0.808. The fourth-order valence-electron chi connectivity index (χ4n) is 2.22. The highest BCUT2D eigenvalue weighted by molar-refractivity contribution is 9.10. The maximum atomic E-state index is 12.4. The molecule has 19 heavy (non-hydrogen) atoms. The average Bonchev–Trinajstić information content (AvgIpc) is 2.65. The molecule has 0 aliphatic carbocycles. The third kappa shape index (κ3) is 2.78. The number of benzene rings is 1. The molecular formula is C15H17BrN2O. The lowest BCUT2D eigenvalue weighted by Gasteiger charge is -2.07. The Morgan fingerprint density at radius 3 is 2.63 bits per heavy atom. The van der Waals surface area contributed by atoms with E-state index in [1.165, 1.54) is 0 Å². The fourth-order valence-corrected chi connectivity index (χ4v) is 2.70. The first-order chi connectivity index (χ1) is 9.04. The molecule has 0 bridgehead atoms. The molecule has 2 rings (SSSR count). The van der Waals surface area contributed by atoms with Crippen LogP contribution in [-0.2, 0) is 19.9 Å². The number of carbonyl (C=O) groups is 1. The number of halogens is 1. The van der Waals surface area contributed by atoms with E-state index < -0.39 is 0 Å². The molecule has 0 N–H and O–H groups in total. The van der Waals surface area contributed by atoms with Crippen LogP contribution in [0.3, 0.4) is 0 Å². The van der Waals surface area contributed by atoms with Crippen LogP contribution >= 0.6 is 15.9 Å². The van der Waals surface area contributed by atoms with Crippen molar-refractivity contribution in [2.75, 3.05) is 0 Å². The lowest BCUT2D eigenvalue weighted by atomic mass is 9.99. The van der Waals surface area contributed by atoms with Crippen molar-refractivity contribution in [3.63, 3.8) is 0 Å². The van der Waals surface area contributed by atoms with Gasteiger partial charge in [-0.1, -0.05) is 31.2 Å². The lowest BCUT2D eigenvalue weighted by Crippen LogP contribution is -2.10. The van der Waals surface area contributed by atoms with Gasteiger partial charge in [0.15, 0.2) is 5.78 Å². The number of Topliss-reactive ketones (excluding diaryl/α,β-unsaturated/α-hetero) is 1. The molecular weight excluding hydrogens is 304 g/mol. The van der Waals surface area contributed by atoms with E-state index in [9.17, 15) is 4.79 Å². The summed E-state index contributed by atoms with van der Waals surface area (Å²) < 4.78 is 2.70. The molecule has 4 heteroatoms. The van der Waals surface area contributed by atoms with E-state index in [0.29, 0.717) is 6.42 Å². The summed E-state index contributed by atoms with van der Waals surface area (Å²) >= 11 is 3.50. The van der Waals surface area contributed by atoms with Crippen LogP contribution in [-0.4, -0.2) is 15.6 Å². The summed E-state index contributed by atoms with van der Waals surface area (Å²) in [5, 5.41) is 4.32. The van der Waals surface area contributed by atoms with E-state index >= 15 is 0 Å². The largest absolute Gasteiger partial charge is 0.294 e. The molecule has 0 aliphatic rings. The molecule has 0 aliphatic heterocycles. The number of aromatic nitrogens is 2. The van der Waals surface area contributed by atoms with Crippen LogP contribution < -0.4 is 0 Å². The molecule has 2 aromatic rings. The summed E-state index contributed by atoms with van der Waals surface area (Å²) in [6.07, 6.45) is 1.24. The predicted molar refractivity (Wildman–Crippen MR) is 79.5 cm³/mol. The van der Waals surface area contributed by atoms with Crippen LogP contribution in [0.25, 0.3) is 0 Å². The monoisotopic (exact) mass is 320 g/mol. The number of carbonyl (C=O) groups excluding carboxylic acids is 1. The zero-order valence-corrected chi connectivity index (χ0v) is 13.0. The Morgan fingerprint density at radius 1 is 1.37 bits per heavy atom. The molecule has 0 fully saturated rings. The highest BCUT2D eigenvalue weighted by atomic mass is 79.9. The van der Waals surface area contributed by atoms with Gasteiger partial charge in [-0.05, 0) is 34.8 Å². The Labute approximate surface area is 121 Å². The fraction of sp³-hybridized carbons (Fsp3) is 0.333. The average molecular weight is 321 g/mol. The molecule has 0 radical (unpaired) electrons. The van der Waals surface area contributed by atoms with Gasteiger partial charge in [0, 0.05) is 12.6 Å². The van der Waals surface area contributed by atoms with E-state index in [1.54, 1.807) is 4.68 Å². The minimum Gasteiger partial charge on any atom is -0.294 e. The van der Waals surface area contributed by atoms with E-state index in [2.05, 4.69) is 28.0 Å². The molecule has 1 aromatic heterocycles. The maximum Gasteiger partial charge on any atom is 0.169 e. The summed E-state index contributed by atoms with van der Waals surface area (Å²) in [6.45, 7) is 3.99. The number of nitrogens with zero attached hydrogens (tertiary/aromatic N) is 2. The summed E-state index contributed by atoms with van der Waals surface area (Å²) in [4.78, 5) is 12.4. The normalized spacial score (nSPS) is 10.7. The Morgan fingerprint density at radius 2 is 2.05 bits per heavy atom. The number of aryl methyl sites for hydroxylation is 3. The second-order valence-corrected chi connectivity index (χ2v) is 5.37. The van der Waals surface area contributed by atoms with Crippen molar-refractivity contribution in [2.24, 2.45) is 7.05 Å². The van der Waals surface area contributed by atoms with Crippen molar-refractivity contribution in [3.05, 3.63) is 51.3 Å². The third-order valence-electron chi connectivity index (χ3n) is 3.29. The van der Waals surface area contributed by atoms with Crippen LogP contribution in [0.15, 0.2) is 28.7 Å². The van der Waals surface area contributed by atoms with Crippen LogP contribution in [0, 0.1) is 6.92 Å². The van der Waals surface area contributed by atoms with Crippen molar-refractivity contribution >= 4 is 21.7 Å². The first kappa shape index (κ1) is 14.0. The minimum atomic E-state index is 0.140. The van der Waals surface area contributed by atoms with Gasteiger partial charge in [-0.25, -0.2) is 0 Å². The number of hydrogen-bond acceptors (Lipinski definition) is 2. The van der Waals surface area contributed by atoms with Gasteiger partial charge in [-0.2, -0.15) is 5.10 Å². The van der Waals surface area contributed by atoms with Gasteiger partial charge in [0.25, 0.3) is 0 Å². The first-order valence-corrected chi connectivity index (χ1v) is 7.13. The van der Waals surface area contributed by atoms with E-state index in [0.717, 1.165) is 33.4 Å². The summed E-state index contributed by atoms with van der Waals surface area (Å²) in [7, 11) is 1.87. The minimum absolute atomic E-state index is 0.140. The second-order valence-electron chi connectivity index (χ2n) is 4.58. The molecule has 0 saturated heterocycles. The molecule has 3 nitrogen and oxygen atoms in total. The van der Waals surface area contributed by atoms with Crippen molar-refractivity contribution in [1.29, 1.82) is 0 Å². The topological polar surface area (TPSA) is 34.9 Å². The van der Waals surface area contributed by atoms with Crippen molar-refractivity contribution in [1.82, 2.24) is 9.78 Å². The number of hydrogen-bond donors (Lipinski definition) is 0. The Bertz CT molecular complexity index is 617. The van der Waals surface area contributed by atoms with Gasteiger partial charge in [0.1, 0.15) is 0 Å². The van der Waals surface area contributed by atoms with Crippen molar-refractivity contribution in [2.45, 2.75) is 26.7 Å². The molecule has 1 heterocycles. The predicted octanol–water partition coefficient (Wildman–Crippen LogP) is 3.48. The van der Waals surface area contributed by atoms with Crippen LogP contribution in [0.4, 0.5) is 0 Å². The van der Waals surface area contributed by atoms with Gasteiger partial charge in [-0.3, -0.25) is 9.48 Å². The second kappa shape index (κ2) is 5.70. The van der Waals surface area contributed by atoms with Crippen molar-refractivity contribution < 1.29 is 4.79 Å². The van der Waals surface area contributed by atoms with E-state index in [-0.39, 0.29) is 5.78 Å². The molecule has 0 atom stereocenters. The van der Waals surface area contributed by atoms with E-state index in [4.69, 9.17) is 0 Å². The van der Waals surface area contributed by atoms with Crippen LogP contribution in [0.5, 0.6) is 0 Å². The van der Waals surface area contributed by atoms with Crippen LogP contribution in [0.1, 0.15) is 34.2 Å². The Balaban J connectivity index is 2.31. The zero-order chi connectivity index (χ0) is 14.0. The van der Waals surface area contributed by atoms with Gasteiger partial charge < -0.3 is 0 Å². The molecule has 0 unspecified atom stereocenters. The highest BCUT2D eigenvalue weighted by Crippen LogP contribution is 2.22. The zero-order valence-electron chi connectivity index (χ0n) is 11.4. The summed E-state index contributed by atoms with van der Waals surface area (Å²) in [5.74, 6) is 0.140. The number of ketones is 1. The van der Waals surface area contributed by atoms with Gasteiger partial charge >= 0.3 is 0 Å². The van der Waals surface area contributed by atoms with Crippen LogP contribution in [0.2, 0.25) is 0 Å². The van der Waals surface area contributed by atoms with Crippen molar-refractivity contribution in [3.8, 4) is 0 Å². The van der Waals surface area contributed by atoms with Gasteiger partial charge in [0.05, 0.1) is 22.3 Å².